The van der Waals surface area contributed by atoms with E-state index in [1.807, 2.05) is 60.0 Å². The highest BCUT2D eigenvalue weighted by atomic mass is 32.1. The number of fused-ring (bicyclic) bond motifs is 1. The van der Waals surface area contributed by atoms with E-state index in [1.165, 1.54) is 17.4 Å². The zero-order valence-corrected chi connectivity index (χ0v) is 19.6. The van der Waals surface area contributed by atoms with Gasteiger partial charge in [-0.2, -0.15) is 0 Å². The van der Waals surface area contributed by atoms with Crippen LogP contribution in [0.2, 0.25) is 0 Å². The molecule has 1 unspecified atom stereocenters. The Morgan fingerprint density at radius 1 is 1.21 bits per heavy atom. The molecule has 0 aliphatic carbocycles. The number of aromatic nitrogens is 2. The number of benzene rings is 2. The van der Waals surface area contributed by atoms with Crippen LogP contribution in [0.15, 0.2) is 77.4 Å². The lowest BCUT2D eigenvalue weighted by molar-refractivity contribution is 0.0545. The van der Waals surface area contributed by atoms with Crippen LogP contribution in [0.4, 0.5) is 0 Å². The topological polar surface area (TPSA) is 78.5 Å². The molecule has 170 valence electrons. The molecular weight excluding hydrogens is 434 g/mol. The van der Waals surface area contributed by atoms with Crippen molar-refractivity contribution in [2.24, 2.45) is 0 Å². The monoisotopic (exact) mass is 461 g/mol. The molecule has 0 aliphatic rings. The van der Waals surface area contributed by atoms with Gasteiger partial charge < -0.3 is 14.8 Å². The van der Waals surface area contributed by atoms with Crippen molar-refractivity contribution in [2.45, 2.75) is 25.6 Å². The van der Waals surface area contributed by atoms with E-state index in [0.717, 1.165) is 22.4 Å². The number of hydrogen-bond donors (Lipinski definition) is 2. The van der Waals surface area contributed by atoms with Crippen molar-refractivity contribution in [3.05, 3.63) is 94.4 Å². The Labute approximate surface area is 196 Å². The van der Waals surface area contributed by atoms with Crippen molar-refractivity contribution in [1.29, 1.82) is 0 Å². The Morgan fingerprint density at radius 3 is 2.73 bits per heavy atom. The van der Waals surface area contributed by atoms with Gasteiger partial charge in [0.15, 0.2) is 0 Å². The second kappa shape index (κ2) is 9.70. The van der Waals surface area contributed by atoms with Gasteiger partial charge in [-0.1, -0.05) is 48.5 Å². The second-order valence-corrected chi connectivity index (χ2v) is 9.12. The first-order valence-corrected chi connectivity index (χ1v) is 11.5. The van der Waals surface area contributed by atoms with Gasteiger partial charge in [0, 0.05) is 24.0 Å². The number of methoxy groups -OCH3 is 1. The van der Waals surface area contributed by atoms with Gasteiger partial charge in [0.1, 0.15) is 16.4 Å². The van der Waals surface area contributed by atoms with Crippen LogP contribution in [-0.4, -0.2) is 39.2 Å². The summed E-state index contributed by atoms with van der Waals surface area (Å²) in [5.74, 6) is 1.29. The summed E-state index contributed by atoms with van der Waals surface area (Å²) in [4.78, 5) is 23.5. The number of hydrogen-bond acceptors (Lipinski definition) is 6. The molecular formula is C26H27N3O3S. The van der Waals surface area contributed by atoms with E-state index in [9.17, 15) is 9.90 Å². The molecule has 0 aliphatic heterocycles. The summed E-state index contributed by atoms with van der Waals surface area (Å²) in [5.41, 5.74) is 1.61. The Bertz CT molecular complexity index is 1310. The molecule has 4 aromatic rings. The van der Waals surface area contributed by atoms with Gasteiger partial charge in [0.2, 0.25) is 0 Å². The van der Waals surface area contributed by atoms with Gasteiger partial charge in [-0.3, -0.25) is 9.69 Å². The summed E-state index contributed by atoms with van der Waals surface area (Å²) in [7, 11) is 1.62. The first-order chi connectivity index (χ1) is 15.9. The molecule has 0 saturated heterocycles. The summed E-state index contributed by atoms with van der Waals surface area (Å²) in [6.45, 7) is 6.80. The van der Waals surface area contributed by atoms with Crippen molar-refractivity contribution >= 4 is 21.6 Å². The number of rotatable bonds is 9. The van der Waals surface area contributed by atoms with Crippen molar-refractivity contribution in [1.82, 2.24) is 14.9 Å². The summed E-state index contributed by atoms with van der Waals surface area (Å²) in [6.07, 6.45) is 1.53. The smallest absolute Gasteiger partial charge is 0.260 e. The molecule has 0 saturated carbocycles. The lowest BCUT2D eigenvalue weighted by atomic mass is 10.1. The number of ether oxygens (including phenoxy) is 1. The molecule has 2 N–H and O–H groups in total. The van der Waals surface area contributed by atoms with Crippen LogP contribution in [0.1, 0.15) is 18.3 Å². The maximum atomic E-state index is 13.1. The fourth-order valence-electron chi connectivity index (χ4n) is 3.81. The fourth-order valence-corrected chi connectivity index (χ4v) is 4.78. The van der Waals surface area contributed by atoms with Crippen LogP contribution in [0.25, 0.3) is 21.3 Å². The van der Waals surface area contributed by atoms with Crippen molar-refractivity contribution < 1.29 is 9.84 Å². The third kappa shape index (κ3) is 5.39. The van der Waals surface area contributed by atoms with Crippen molar-refractivity contribution in [2.75, 3.05) is 13.7 Å². The number of H-pyrrole nitrogens is 1. The second-order valence-electron chi connectivity index (χ2n) is 8.27. The molecule has 2 aromatic carbocycles. The van der Waals surface area contributed by atoms with Crippen LogP contribution in [0.5, 0.6) is 5.75 Å². The first kappa shape index (κ1) is 22.9. The van der Waals surface area contributed by atoms with Crippen LogP contribution < -0.4 is 10.3 Å². The van der Waals surface area contributed by atoms with E-state index in [-0.39, 0.29) is 5.56 Å². The molecule has 0 spiro atoms. The summed E-state index contributed by atoms with van der Waals surface area (Å²) < 4.78 is 5.32. The van der Waals surface area contributed by atoms with E-state index in [1.54, 1.807) is 14.0 Å². The molecule has 2 aromatic heterocycles. The largest absolute Gasteiger partial charge is 0.497 e. The summed E-state index contributed by atoms with van der Waals surface area (Å²) in [5, 5.41) is 13.1. The van der Waals surface area contributed by atoms with Crippen molar-refractivity contribution in [3.8, 4) is 16.9 Å². The Balaban J connectivity index is 1.66. The lowest BCUT2D eigenvalue weighted by Gasteiger charge is -2.29. The normalized spacial score (nSPS) is 13.2. The number of nitrogens with zero attached hydrogens (tertiary/aromatic N) is 2. The van der Waals surface area contributed by atoms with E-state index in [2.05, 4.69) is 16.5 Å². The van der Waals surface area contributed by atoms with Gasteiger partial charge in [-0.05, 0) is 30.2 Å². The number of nitrogens with one attached hydrogen (secondary N) is 1. The quantitative estimate of drug-likeness (QED) is 0.356. The molecule has 6 nitrogen and oxygen atoms in total. The van der Waals surface area contributed by atoms with Crippen LogP contribution in [0.3, 0.4) is 0 Å². The number of thiophene rings is 1. The van der Waals surface area contributed by atoms with Gasteiger partial charge in [-0.15, -0.1) is 17.9 Å². The zero-order valence-electron chi connectivity index (χ0n) is 18.7. The minimum absolute atomic E-state index is 0.177. The molecule has 4 rings (SSSR count). The summed E-state index contributed by atoms with van der Waals surface area (Å²) in [6, 6.07) is 17.7. The third-order valence-corrected chi connectivity index (χ3v) is 6.35. The standard InChI is InChI=1S/C26H27N3O3S/c1-4-26(2,31)17-29(14-18-9-6-5-7-10-18)15-22-27-24(30)23-21(16-33-25(23)28-22)19-11-8-12-20(13-19)32-3/h4-13,16,31H,1,14-15,17H2,2-3H3,(H,27,28,30). The highest BCUT2D eigenvalue weighted by Crippen LogP contribution is 2.32. The van der Waals surface area contributed by atoms with Gasteiger partial charge in [0.25, 0.3) is 5.56 Å². The van der Waals surface area contributed by atoms with E-state index < -0.39 is 5.60 Å². The molecule has 0 bridgehead atoms. The SMILES string of the molecule is C=CC(C)(O)CN(Cc1ccccc1)Cc1nc2scc(-c3cccc(OC)c3)c2c(=O)[nH]1. The number of aromatic amines is 1. The predicted octanol–water partition coefficient (Wildman–Crippen LogP) is 4.60. The summed E-state index contributed by atoms with van der Waals surface area (Å²) >= 11 is 1.44. The molecule has 1 atom stereocenters. The maximum Gasteiger partial charge on any atom is 0.260 e. The minimum Gasteiger partial charge on any atom is -0.497 e. The van der Waals surface area contributed by atoms with E-state index in [4.69, 9.17) is 9.72 Å². The van der Waals surface area contributed by atoms with Gasteiger partial charge in [0.05, 0.1) is 24.6 Å². The third-order valence-electron chi connectivity index (χ3n) is 5.48. The average molecular weight is 462 g/mol. The van der Waals surface area contributed by atoms with Crippen LogP contribution in [0, 0.1) is 0 Å². The highest BCUT2D eigenvalue weighted by Gasteiger charge is 2.22. The molecule has 2 heterocycles. The molecule has 0 amide bonds. The molecule has 0 radical (unpaired) electrons. The van der Waals surface area contributed by atoms with E-state index >= 15 is 0 Å². The van der Waals surface area contributed by atoms with Gasteiger partial charge in [-0.25, -0.2) is 4.98 Å². The van der Waals surface area contributed by atoms with Crippen LogP contribution >= 0.6 is 11.3 Å². The first-order valence-electron chi connectivity index (χ1n) is 10.7. The minimum atomic E-state index is -1.07. The van der Waals surface area contributed by atoms with Gasteiger partial charge >= 0.3 is 0 Å². The maximum absolute atomic E-state index is 13.1. The number of aliphatic hydroxyl groups is 1. The van der Waals surface area contributed by atoms with E-state index in [0.29, 0.717) is 35.7 Å². The lowest BCUT2D eigenvalue weighted by Crippen LogP contribution is -2.39. The molecule has 7 heteroatoms. The highest BCUT2D eigenvalue weighted by molar-refractivity contribution is 7.17. The van der Waals surface area contributed by atoms with Crippen LogP contribution in [-0.2, 0) is 13.1 Å². The predicted molar refractivity (Wildman–Crippen MR) is 134 cm³/mol. The zero-order chi connectivity index (χ0) is 23.4. The fraction of sp³-hybridized carbons (Fsp3) is 0.231. The Hall–Kier alpha value is -3.26. The molecule has 33 heavy (non-hydrogen) atoms. The Kier molecular flexibility index (Phi) is 6.74. The van der Waals surface area contributed by atoms with Crippen molar-refractivity contribution in [3.63, 3.8) is 0 Å². The molecule has 0 fully saturated rings. The Morgan fingerprint density at radius 2 is 2.00 bits per heavy atom. The average Bonchev–Trinajstić information content (AvgIpc) is 3.24.